The number of dihydropyridines is 1. The summed E-state index contributed by atoms with van der Waals surface area (Å²) in [6, 6.07) is 9.28. The number of hydrogen-bond acceptors (Lipinski definition) is 8. The lowest BCUT2D eigenvalue weighted by molar-refractivity contribution is 0.0908. The fourth-order valence-electron chi connectivity index (χ4n) is 4.81. The molecule has 10 nitrogen and oxygen atoms in total. The molecule has 0 saturated heterocycles. The number of ether oxygens (including phenoxy) is 1. The van der Waals surface area contributed by atoms with Crippen molar-refractivity contribution in [2.45, 2.75) is 37.8 Å². The van der Waals surface area contributed by atoms with Gasteiger partial charge in [-0.2, -0.15) is 0 Å². The van der Waals surface area contributed by atoms with Crippen LogP contribution in [0.4, 0.5) is 0 Å². The van der Waals surface area contributed by atoms with Crippen molar-refractivity contribution in [1.82, 2.24) is 35.0 Å². The predicted octanol–water partition coefficient (Wildman–Crippen LogP) is 3.05. The molecule has 0 bridgehead atoms. The van der Waals surface area contributed by atoms with Crippen LogP contribution in [0.5, 0.6) is 0 Å². The number of carbonyl (C=O) groups excluding carboxylic acids is 1. The Bertz CT molecular complexity index is 1490. The minimum Gasteiger partial charge on any atom is -0.372 e. The summed E-state index contributed by atoms with van der Waals surface area (Å²) in [5, 5.41) is 12.2. The molecule has 5 heterocycles. The molecule has 0 aromatic carbocycles. The number of pyridine rings is 3. The van der Waals surface area contributed by atoms with Gasteiger partial charge in [0, 0.05) is 37.2 Å². The molecule has 4 aromatic rings. The van der Waals surface area contributed by atoms with E-state index in [0.29, 0.717) is 35.6 Å². The molecule has 1 atom stereocenters. The lowest BCUT2D eigenvalue weighted by Gasteiger charge is -2.35. The van der Waals surface area contributed by atoms with Crippen LogP contribution in [0.3, 0.4) is 0 Å². The lowest BCUT2D eigenvalue weighted by atomic mass is 9.79. The van der Waals surface area contributed by atoms with Gasteiger partial charge in [-0.15, -0.1) is 10.2 Å². The van der Waals surface area contributed by atoms with Crippen LogP contribution in [0, 0.1) is 0 Å². The first kappa shape index (κ1) is 23.1. The van der Waals surface area contributed by atoms with Gasteiger partial charge in [0.2, 0.25) is 0 Å². The van der Waals surface area contributed by atoms with Gasteiger partial charge in [-0.1, -0.05) is 6.08 Å². The molecular weight excluding hydrogens is 468 g/mol. The molecule has 37 heavy (non-hydrogen) atoms. The van der Waals surface area contributed by atoms with E-state index >= 15 is 0 Å². The second-order valence-electron chi connectivity index (χ2n) is 9.08. The zero-order valence-electron chi connectivity index (χ0n) is 20.4. The summed E-state index contributed by atoms with van der Waals surface area (Å²) in [5.41, 5.74) is 3.47. The molecule has 1 aliphatic carbocycles. The third-order valence-corrected chi connectivity index (χ3v) is 6.69. The summed E-state index contributed by atoms with van der Waals surface area (Å²) in [7, 11) is 0. The molecule has 0 radical (unpaired) electrons. The Hall–Kier alpha value is -4.31. The van der Waals surface area contributed by atoms with E-state index < -0.39 is 0 Å². The second-order valence-corrected chi connectivity index (χ2v) is 9.08. The van der Waals surface area contributed by atoms with E-state index in [2.05, 4.69) is 30.5 Å². The van der Waals surface area contributed by atoms with Gasteiger partial charge in [-0.3, -0.25) is 29.3 Å². The molecule has 1 N–H and O–H groups in total. The standard InChI is InChI=1S/C27H26N8O2/c1-2-37-20-7-8-23(31-16-20)26-34-33-25(35(26)19-5-3-10-28-15-19)17-13-18(14-17)32-27(36)21-9-12-29-22-6-4-11-30-24(21)22/h3-12,15,17-18,20H,2,13-14,16H2,1H3,(H,32,36). The van der Waals surface area contributed by atoms with Crippen molar-refractivity contribution in [3.8, 4) is 5.69 Å². The summed E-state index contributed by atoms with van der Waals surface area (Å²) in [6.45, 7) is 3.16. The average Bonchev–Trinajstić information content (AvgIpc) is 3.35. The minimum absolute atomic E-state index is 0.0216. The Morgan fingerprint density at radius 1 is 1.11 bits per heavy atom. The maximum absolute atomic E-state index is 13.0. The van der Waals surface area contributed by atoms with Gasteiger partial charge in [-0.05, 0) is 56.2 Å². The van der Waals surface area contributed by atoms with Crippen LogP contribution in [0.25, 0.3) is 16.7 Å². The number of rotatable bonds is 7. The molecule has 1 unspecified atom stereocenters. The van der Waals surface area contributed by atoms with Crippen LogP contribution in [-0.4, -0.2) is 66.6 Å². The van der Waals surface area contributed by atoms with E-state index in [1.54, 1.807) is 30.9 Å². The first-order valence-electron chi connectivity index (χ1n) is 12.4. The molecule has 1 fully saturated rings. The molecule has 1 aliphatic heterocycles. The molecule has 0 spiro atoms. The van der Waals surface area contributed by atoms with Crippen LogP contribution < -0.4 is 5.32 Å². The molecule has 1 amide bonds. The number of hydrogen-bond donors (Lipinski definition) is 1. The van der Waals surface area contributed by atoms with Crippen molar-refractivity contribution in [2.24, 2.45) is 4.99 Å². The average molecular weight is 495 g/mol. The van der Waals surface area contributed by atoms with Crippen molar-refractivity contribution in [3.05, 3.63) is 84.5 Å². The Morgan fingerprint density at radius 3 is 2.78 bits per heavy atom. The number of carbonyl (C=O) groups is 1. The maximum atomic E-state index is 13.0. The monoisotopic (exact) mass is 494 g/mol. The number of nitrogens with one attached hydrogen (secondary N) is 1. The normalized spacial score (nSPS) is 20.9. The van der Waals surface area contributed by atoms with E-state index in [1.165, 1.54) is 0 Å². The fourth-order valence-corrected chi connectivity index (χ4v) is 4.81. The van der Waals surface area contributed by atoms with Crippen LogP contribution >= 0.6 is 0 Å². The van der Waals surface area contributed by atoms with E-state index in [0.717, 1.165) is 30.1 Å². The van der Waals surface area contributed by atoms with Gasteiger partial charge < -0.3 is 10.1 Å². The van der Waals surface area contributed by atoms with E-state index in [1.807, 2.05) is 47.9 Å². The highest BCUT2D eigenvalue weighted by atomic mass is 16.5. The van der Waals surface area contributed by atoms with Gasteiger partial charge in [0.1, 0.15) is 17.1 Å². The fraction of sp³-hybridized carbons (Fsp3) is 0.296. The number of aromatic nitrogens is 6. The number of allylic oxidation sites excluding steroid dienone is 1. The quantitative estimate of drug-likeness (QED) is 0.419. The highest BCUT2D eigenvalue weighted by Gasteiger charge is 2.36. The number of nitrogens with zero attached hydrogens (tertiary/aromatic N) is 7. The molecule has 10 heteroatoms. The van der Waals surface area contributed by atoms with Gasteiger partial charge in [-0.25, -0.2) is 0 Å². The summed E-state index contributed by atoms with van der Waals surface area (Å²) in [6.07, 6.45) is 12.3. The smallest absolute Gasteiger partial charge is 0.253 e. The van der Waals surface area contributed by atoms with Crippen molar-refractivity contribution < 1.29 is 9.53 Å². The van der Waals surface area contributed by atoms with Crippen molar-refractivity contribution in [3.63, 3.8) is 0 Å². The first-order chi connectivity index (χ1) is 18.2. The SMILES string of the molecule is CCOC1C=CC(c2nnc(C3CC(NC(=O)c4ccnc5cccnc45)C3)n2-c2cccnc2)=NC1. The van der Waals surface area contributed by atoms with Gasteiger partial charge in [0.15, 0.2) is 5.82 Å². The zero-order chi connectivity index (χ0) is 25.2. The highest BCUT2D eigenvalue weighted by molar-refractivity contribution is 6.07. The molecular formula is C27H26N8O2. The number of aliphatic imine (C=N–C) groups is 1. The second kappa shape index (κ2) is 9.98. The van der Waals surface area contributed by atoms with Crippen molar-refractivity contribution in [1.29, 1.82) is 0 Å². The molecule has 186 valence electrons. The highest BCUT2D eigenvalue weighted by Crippen LogP contribution is 2.37. The van der Waals surface area contributed by atoms with Crippen molar-refractivity contribution >= 4 is 22.7 Å². The zero-order valence-corrected chi connectivity index (χ0v) is 20.4. The molecule has 4 aromatic heterocycles. The summed E-state index contributed by atoms with van der Waals surface area (Å²) in [5.74, 6) is 1.52. The third kappa shape index (κ3) is 4.51. The Labute approximate surface area is 213 Å². The van der Waals surface area contributed by atoms with E-state index in [4.69, 9.17) is 9.73 Å². The number of fused-ring (bicyclic) bond motifs is 1. The third-order valence-electron chi connectivity index (χ3n) is 6.69. The summed E-state index contributed by atoms with van der Waals surface area (Å²) in [4.78, 5) is 30.7. The Kier molecular flexibility index (Phi) is 6.23. The topological polar surface area (TPSA) is 120 Å². The van der Waals surface area contributed by atoms with Crippen molar-refractivity contribution in [2.75, 3.05) is 13.2 Å². The van der Waals surface area contributed by atoms with Gasteiger partial charge in [0.05, 0.1) is 35.6 Å². The Morgan fingerprint density at radius 2 is 2.00 bits per heavy atom. The maximum Gasteiger partial charge on any atom is 0.253 e. The molecule has 2 aliphatic rings. The first-order valence-corrected chi connectivity index (χ1v) is 12.4. The predicted molar refractivity (Wildman–Crippen MR) is 138 cm³/mol. The largest absolute Gasteiger partial charge is 0.372 e. The summed E-state index contributed by atoms with van der Waals surface area (Å²) >= 11 is 0. The lowest BCUT2D eigenvalue weighted by Crippen LogP contribution is -2.44. The molecule has 6 rings (SSSR count). The summed E-state index contributed by atoms with van der Waals surface area (Å²) < 4.78 is 7.69. The van der Waals surface area contributed by atoms with Crippen LogP contribution in [0.1, 0.15) is 47.7 Å². The number of amides is 1. The van der Waals surface area contributed by atoms with Crippen LogP contribution in [-0.2, 0) is 4.74 Å². The van der Waals surface area contributed by atoms with Gasteiger partial charge in [0.25, 0.3) is 5.91 Å². The minimum atomic E-state index is -0.144. The van der Waals surface area contributed by atoms with E-state index in [9.17, 15) is 4.79 Å². The molecule has 1 saturated carbocycles. The van der Waals surface area contributed by atoms with Crippen LogP contribution in [0.2, 0.25) is 0 Å². The van der Waals surface area contributed by atoms with Gasteiger partial charge >= 0.3 is 0 Å². The Balaban J connectivity index is 1.21. The van der Waals surface area contributed by atoms with E-state index in [-0.39, 0.29) is 24.0 Å². The van der Waals surface area contributed by atoms with Crippen LogP contribution in [0.15, 0.2) is 72.3 Å².